The molecule has 1 aliphatic rings. The second kappa shape index (κ2) is 3.19. The third kappa shape index (κ3) is 1.21. The molecule has 80 valence electrons. The minimum absolute atomic E-state index is 0.453. The summed E-state index contributed by atoms with van der Waals surface area (Å²) < 4.78 is 24.6. The molecule has 3 rings (SSSR count). The Bertz CT molecular complexity index is 606. The minimum atomic E-state index is -3.30. The van der Waals surface area contributed by atoms with Gasteiger partial charge >= 0.3 is 0 Å². The van der Waals surface area contributed by atoms with Crippen molar-refractivity contribution in [3.05, 3.63) is 59.7 Å². The van der Waals surface area contributed by atoms with Gasteiger partial charge in [0.15, 0.2) is 0 Å². The molecule has 0 saturated heterocycles. The van der Waals surface area contributed by atoms with E-state index in [9.17, 15) is 8.42 Å². The van der Waals surface area contributed by atoms with Gasteiger partial charge in [0.05, 0.1) is 9.79 Å². The Labute approximate surface area is 94.5 Å². The first kappa shape index (κ1) is 9.60. The van der Waals surface area contributed by atoms with Gasteiger partial charge in [0.2, 0.25) is 9.84 Å². The SMILES string of the molecule is O=S1(=O)c2ccccc2Cc2ccccc21. The van der Waals surface area contributed by atoms with Gasteiger partial charge in [0, 0.05) is 6.42 Å². The molecule has 0 unspecified atom stereocenters. The molecule has 0 N–H and O–H groups in total. The van der Waals surface area contributed by atoms with E-state index in [1.807, 2.05) is 24.3 Å². The third-order valence-electron chi connectivity index (χ3n) is 2.91. The van der Waals surface area contributed by atoms with Crippen molar-refractivity contribution in [1.29, 1.82) is 0 Å². The highest BCUT2D eigenvalue weighted by atomic mass is 32.2. The zero-order chi connectivity index (χ0) is 11.2. The highest BCUT2D eigenvalue weighted by molar-refractivity contribution is 7.91. The maximum atomic E-state index is 12.3. The van der Waals surface area contributed by atoms with Crippen molar-refractivity contribution in [1.82, 2.24) is 0 Å². The van der Waals surface area contributed by atoms with Crippen LogP contribution in [0.1, 0.15) is 11.1 Å². The van der Waals surface area contributed by atoms with Crippen molar-refractivity contribution in [2.75, 3.05) is 0 Å². The molecule has 0 saturated carbocycles. The van der Waals surface area contributed by atoms with Crippen LogP contribution >= 0.6 is 0 Å². The number of hydrogen-bond donors (Lipinski definition) is 0. The molecule has 16 heavy (non-hydrogen) atoms. The molecule has 0 aromatic heterocycles. The molecule has 2 aromatic rings. The lowest BCUT2D eigenvalue weighted by Crippen LogP contribution is -2.14. The molecule has 0 bridgehead atoms. The second-order valence-corrected chi connectivity index (χ2v) is 5.78. The van der Waals surface area contributed by atoms with Crippen LogP contribution in [0.25, 0.3) is 0 Å². The zero-order valence-corrected chi connectivity index (χ0v) is 9.37. The van der Waals surface area contributed by atoms with Crippen molar-refractivity contribution in [2.24, 2.45) is 0 Å². The molecule has 2 aromatic carbocycles. The summed E-state index contributed by atoms with van der Waals surface area (Å²) in [7, 11) is -3.30. The highest BCUT2D eigenvalue weighted by Gasteiger charge is 2.28. The van der Waals surface area contributed by atoms with Crippen LogP contribution in [-0.2, 0) is 16.3 Å². The summed E-state index contributed by atoms with van der Waals surface area (Å²) in [6.07, 6.45) is 0.700. The van der Waals surface area contributed by atoms with Gasteiger partial charge in [-0.2, -0.15) is 0 Å². The smallest absolute Gasteiger partial charge is 0.207 e. The molecule has 0 radical (unpaired) electrons. The van der Waals surface area contributed by atoms with Gasteiger partial charge in [-0.15, -0.1) is 0 Å². The van der Waals surface area contributed by atoms with Crippen molar-refractivity contribution in [2.45, 2.75) is 16.2 Å². The monoisotopic (exact) mass is 230 g/mol. The molecule has 0 amide bonds. The van der Waals surface area contributed by atoms with Gasteiger partial charge in [-0.25, -0.2) is 8.42 Å². The minimum Gasteiger partial charge on any atom is -0.218 e. The first-order valence-corrected chi connectivity index (χ1v) is 6.59. The maximum absolute atomic E-state index is 12.3. The van der Waals surface area contributed by atoms with Crippen LogP contribution < -0.4 is 0 Å². The Hall–Kier alpha value is -1.61. The molecule has 2 nitrogen and oxygen atoms in total. The summed E-state index contributed by atoms with van der Waals surface area (Å²) in [5, 5.41) is 0. The van der Waals surface area contributed by atoms with Crippen molar-refractivity contribution < 1.29 is 8.42 Å². The van der Waals surface area contributed by atoms with E-state index in [-0.39, 0.29) is 0 Å². The molecular weight excluding hydrogens is 220 g/mol. The van der Waals surface area contributed by atoms with Crippen LogP contribution in [0.4, 0.5) is 0 Å². The van der Waals surface area contributed by atoms with E-state index >= 15 is 0 Å². The van der Waals surface area contributed by atoms with Crippen LogP contribution in [0.5, 0.6) is 0 Å². The van der Waals surface area contributed by atoms with Crippen LogP contribution in [0.15, 0.2) is 58.3 Å². The average Bonchev–Trinajstić information content (AvgIpc) is 2.29. The molecular formula is C13H10O2S. The first-order chi connectivity index (χ1) is 7.69. The Balaban J connectivity index is 2.37. The fraction of sp³-hybridized carbons (Fsp3) is 0.0769. The summed E-state index contributed by atoms with van der Waals surface area (Å²) >= 11 is 0. The van der Waals surface area contributed by atoms with E-state index in [2.05, 4.69) is 0 Å². The Morgan fingerprint density at radius 3 is 1.69 bits per heavy atom. The van der Waals surface area contributed by atoms with Crippen LogP contribution in [0.3, 0.4) is 0 Å². The molecule has 1 heterocycles. The summed E-state index contributed by atoms with van der Waals surface area (Å²) in [5.41, 5.74) is 1.78. The van der Waals surface area contributed by atoms with Gasteiger partial charge in [0.1, 0.15) is 0 Å². The standard InChI is InChI=1S/C13H10O2S/c14-16(15)12-7-3-1-5-10(12)9-11-6-2-4-8-13(11)16/h1-8H,9H2. The summed E-state index contributed by atoms with van der Waals surface area (Å²) in [5.74, 6) is 0. The number of rotatable bonds is 0. The molecule has 3 heteroatoms. The Kier molecular flexibility index (Phi) is 1.91. The van der Waals surface area contributed by atoms with E-state index in [4.69, 9.17) is 0 Å². The number of sulfone groups is 1. The highest BCUT2D eigenvalue weighted by Crippen LogP contribution is 2.33. The molecule has 1 aliphatic heterocycles. The molecule has 0 spiro atoms. The lowest BCUT2D eigenvalue weighted by molar-refractivity contribution is 0.591. The van der Waals surface area contributed by atoms with Gasteiger partial charge in [-0.3, -0.25) is 0 Å². The quantitative estimate of drug-likeness (QED) is 0.594. The fourth-order valence-corrected chi connectivity index (χ4v) is 3.87. The summed E-state index contributed by atoms with van der Waals surface area (Å²) in [4.78, 5) is 0.905. The van der Waals surface area contributed by atoms with E-state index in [1.165, 1.54) is 0 Å². The lowest BCUT2D eigenvalue weighted by Gasteiger charge is -2.19. The fourth-order valence-electron chi connectivity index (χ4n) is 2.15. The zero-order valence-electron chi connectivity index (χ0n) is 8.55. The molecule has 0 atom stereocenters. The summed E-state index contributed by atoms with van der Waals surface area (Å²) in [6, 6.07) is 14.4. The van der Waals surface area contributed by atoms with Crippen LogP contribution in [0, 0.1) is 0 Å². The lowest BCUT2D eigenvalue weighted by atomic mass is 10.0. The van der Waals surface area contributed by atoms with Gasteiger partial charge in [-0.05, 0) is 23.3 Å². The van der Waals surface area contributed by atoms with Crippen LogP contribution in [-0.4, -0.2) is 8.42 Å². The van der Waals surface area contributed by atoms with Gasteiger partial charge in [-0.1, -0.05) is 36.4 Å². The largest absolute Gasteiger partial charge is 0.218 e. The number of benzene rings is 2. The third-order valence-corrected chi connectivity index (χ3v) is 4.86. The second-order valence-electron chi connectivity index (χ2n) is 3.90. The number of fused-ring (bicyclic) bond motifs is 2. The van der Waals surface area contributed by atoms with E-state index in [0.29, 0.717) is 16.2 Å². The van der Waals surface area contributed by atoms with E-state index in [0.717, 1.165) is 11.1 Å². The number of hydrogen-bond acceptors (Lipinski definition) is 2. The van der Waals surface area contributed by atoms with Crippen molar-refractivity contribution in [3.8, 4) is 0 Å². The predicted molar refractivity (Wildman–Crippen MR) is 61.1 cm³/mol. The first-order valence-electron chi connectivity index (χ1n) is 5.10. The normalized spacial score (nSPS) is 16.2. The summed E-state index contributed by atoms with van der Waals surface area (Å²) in [6.45, 7) is 0. The Morgan fingerprint density at radius 2 is 1.19 bits per heavy atom. The van der Waals surface area contributed by atoms with Crippen LogP contribution in [0.2, 0.25) is 0 Å². The van der Waals surface area contributed by atoms with Gasteiger partial charge in [0.25, 0.3) is 0 Å². The molecule has 0 fully saturated rings. The van der Waals surface area contributed by atoms with E-state index < -0.39 is 9.84 Å². The topological polar surface area (TPSA) is 34.1 Å². The van der Waals surface area contributed by atoms with Crippen molar-refractivity contribution >= 4 is 9.84 Å². The molecule has 0 aliphatic carbocycles. The Morgan fingerprint density at radius 1 is 0.750 bits per heavy atom. The maximum Gasteiger partial charge on any atom is 0.207 e. The van der Waals surface area contributed by atoms with Gasteiger partial charge < -0.3 is 0 Å². The van der Waals surface area contributed by atoms with E-state index in [1.54, 1.807) is 24.3 Å². The predicted octanol–water partition coefficient (Wildman–Crippen LogP) is 2.42. The average molecular weight is 230 g/mol. The van der Waals surface area contributed by atoms with Crippen molar-refractivity contribution in [3.63, 3.8) is 0 Å².